The van der Waals surface area contributed by atoms with Crippen molar-refractivity contribution in [3.8, 4) is 0 Å². The molecule has 1 fully saturated rings. The molecular weight excluding hydrogens is 261 g/mol. The smallest absolute Gasteiger partial charge is 0.382 e. The first kappa shape index (κ1) is 16.2. The van der Waals surface area contributed by atoms with E-state index in [1.54, 1.807) is 0 Å². The molecule has 0 heterocycles. The predicted octanol–water partition coefficient (Wildman–Crippen LogP) is 1.69. The Kier molecular flexibility index (Phi) is 5.61. The van der Waals surface area contributed by atoms with E-state index in [1.165, 1.54) is 0 Å². The van der Waals surface area contributed by atoms with Crippen LogP contribution in [0, 0.1) is 0 Å². The average molecular weight is 282 g/mol. The number of rotatable bonds is 7. The molecule has 0 saturated heterocycles. The minimum Gasteiger partial charge on any atom is -0.382 e. The first-order valence-electron chi connectivity index (χ1n) is 6.51. The van der Waals surface area contributed by atoms with E-state index in [9.17, 15) is 18.0 Å². The minimum atomic E-state index is -4.40. The lowest BCUT2D eigenvalue weighted by Gasteiger charge is -2.40. The zero-order chi connectivity index (χ0) is 14.5. The van der Waals surface area contributed by atoms with Crippen molar-refractivity contribution in [1.82, 2.24) is 4.90 Å². The van der Waals surface area contributed by atoms with Crippen molar-refractivity contribution >= 4 is 5.91 Å². The molecule has 0 aromatic heterocycles. The molecule has 0 spiro atoms. The number of hydrogen-bond donors (Lipinski definition) is 1. The summed E-state index contributed by atoms with van der Waals surface area (Å²) < 4.78 is 42.5. The summed E-state index contributed by atoms with van der Waals surface area (Å²) in [4.78, 5) is 12.9. The van der Waals surface area contributed by atoms with Crippen LogP contribution in [0.1, 0.15) is 32.6 Å². The molecule has 0 aromatic rings. The molecule has 0 atom stereocenters. The van der Waals surface area contributed by atoms with Gasteiger partial charge in [0.1, 0.15) is 6.54 Å². The number of nitrogens with two attached hydrogens (primary N) is 1. The van der Waals surface area contributed by atoms with Crippen LogP contribution in [-0.2, 0) is 9.53 Å². The van der Waals surface area contributed by atoms with E-state index >= 15 is 0 Å². The molecule has 4 nitrogen and oxygen atoms in total. The molecule has 2 N–H and O–H groups in total. The normalized spacial score (nSPS) is 17.9. The topological polar surface area (TPSA) is 55.6 Å². The molecule has 7 heteroatoms. The van der Waals surface area contributed by atoms with E-state index in [-0.39, 0.29) is 6.54 Å². The standard InChI is InChI=1S/C12H21F3N2O2/c1-2-19-8-4-7-17(9-12(13,14)15)10(18)11(16)5-3-6-11/h2-9,16H2,1H3. The van der Waals surface area contributed by atoms with Crippen molar-refractivity contribution in [3.05, 3.63) is 0 Å². The van der Waals surface area contributed by atoms with Crippen LogP contribution in [0.4, 0.5) is 13.2 Å². The zero-order valence-corrected chi connectivity index (χ0v) is 11.1. The van der Waals surface area contributed by atoms with E-state index in [2.05, 4.69) is 0 Å². The van der Waals surface area contributed by atoms with Gasteiger partial charge in [-0.1, -0.05) is 0 Å². The molecule has 0 aromatic carbocycles. The van der Waals surface area contributed by atoms with Crippen LogP contribution in [-0.4, -0.2) is 48.8 Å². The van der Waals surface area contributed by atoms with E-state index < -0.39 is 24.2 Å². The van der Waals surface area contributed by atoms with Gasteiger partial charge in [-0.15, -0.1) is 0 Å². The van der Waals surface area contributed by atoms with Crippen molar-refractivity contribution in [2.24, 2.45) is 5.73 Å². The summed E-state index contributed by atoms with van der Waals surface area (Å²) in [5.41, 5.74) is 4.72. The Morgan fingerprint density at radius 1 is 1.42 bits per heavy atom. The van der Waals surface area contributed by atoms with Crippen LogP contribution in [0.15, 0.2) is 0 Å². The van der Waals surface area contributed by atoms with Crippen molar-refractivity contribution < 1.29 is 22.7 Å². The minimum absolute atomic E-state index is 0.0251. The Morgan fingerprint density at radius 2 is 2.05 bits per heavy atom. The molecular formula is C12H21F3N2O2. The largest absolute Gasteiger partial charge is 0.406 e. The highest BCUT2D eigenvalue weighted by atomic mass is 19.4. The summed E-state index contributed by atoms with van der Waals surface area (Å²) in [6.45, 7) is 1.44. The van der Waals surface area contributed by atoms with Gasteiger partial charge in [0.05, 0.1) is 5.54 Å². The van der Waals surface area contributed by atoms with Gasteiger partial charge in [0.2, 0.25) is 5.91 Å². The number of halogens is 3. The maximum absolute atomic E-state index is 12.5. The third-order valence-electron chi connectivity index (χ3n) is 3.25. The number of amides is 1. The third-order valence-corrected chi connectivity index (χ3v) is 3.25. The lowest BCUT2D eigenvalue weighted by molar-refractivity contribution is -0.166. The molecule has 19 heavy (non-hydrogen) atoms. The number of nitrogens with zero attached hydrogens (tertiary/aromatic N) is 1. The molecule has 0 bridgehead atoms. The Hall–Kier alpha value is -0.820. The molecule has 1 aliphatic rings. The van der Waals surface area contributed by atoms with Gasteiger partial charge in [0, 0.05) is 19.8 Å². The van der Waals surface area contributed by atoms with Crippen LogP contribution in [0.2, 0.25) is 0 Å². The van der Waals surface area contributed by atoms with Crippen molar-refractivity contribution in [1.29, 1.82) is 0 Å². The lowest BCUT2D eigenvalue weighted by Crippen LogP contribution is -2.60. The maximum Gasteiger partial charge on any atom is 0.406 e. The number of ether oxygens (including phenoxy) is 1. The summed E-state index contributed by atoms with van der Waals surface area (Å²) in [7, 11) is 0. The van der Waals surface area contributed by atoms with E-state index in [0.717, 1.165) is 11.3 Å². The quantitative estimate of drug-likeness (QED) is 0.723. The number of alkyl halides is 3. The monoisotopic (exact) mass is 282 g/mol. The van der Waals surface area contributed by atoms with E-state index in [1.807, 2.05) is 6.92 Å². The van der Waals surface area contributed by atoms with Crippen LogP contribution in [0.5, 0.6) is 0 Å². The summed E-state index contributed by atoms with van der Waals surface area (Å²) in [5, 5.41) is 0. The number of carbonyl (C=O) groups is 1. The van der Waals surface area contributed by atoms with Gasteiger partial charge in [-0.05, 0) is 32.6 Å². The summed E-state index contributed by atoms with van der Waals surface area (Å²) in [6, 6.07) is 0. The average Bonchev–Trinajstić information content (AvgIpc) is 2.27. The summed E-state index contributed by atoms with van der Waals surface area (Å²) in [6.07, 6.45) is -2.30. The van der Waals surface area contributed by atoms with Crippen LogP contribution < -0.4 is 5.73 Å². The van der Waals surface area contributed by atoms with Gasteiger partial charge in [-0.25, -0.2) is 0 Å². The molecule has 1 aliphatic carbocycles. The molecule has 0 aliphatic heterocycles. The molecule has 1 amide bonds. The van der Waals surface area contributed by atoms with Gasteiger partial charge >= 0.3 is 6.18 Å². The van der Waals surface area contributed by atoms with Crippen molar-refractivity contribution in [2.45, 2.75) is 44.3 Å². The molecule has 0 radical (unpaired) electrons. The van der Waals surface area contributed by atoms with Gasteiger partial charge < -0.3 is 15.4 Å². The maximum atomic E-state index is 12.5. The second-order valence-electron chi connectivity index (χ2n) is 4.90. The highest BCUT2D eigenvalue weighted by Crippen LogP contribution is 2.32. The SMILES string of the molecule is CCOCCCN(CC(F)(F)F)C(=O)C1(N)CCC1. The van der Waals surface area contributed by atoms with Crippen molar-refractivity contribution in [3.63, 3.8) is 0 Å². The molecule has 0 unspecified atom stereocenters. The van der Waals surface area contributed by atoms with Crippen molar-refractivity contribution in [2.75, 3.05) is 26.3 Å². The van der Waals surface area contributed by atoms with E-state index in [0.29, 0.717) is 32.5 Å². The zero-order valence-electron chi connectivity index (χ0n) is 11.1. The van der Waals surface area contributed by atoms with Gasteiger partial charge in [-0.2, -0.15) is 13.2 Å². The second-order valence-corrected chi connectivity index (χ2v) is 4.90. The number of carbonyl (C=O) groups excluding carboxylic acids is 1. The van der Waals surface area contributed by atoms with Crippen LogP contribution >= 0.6 is 0 Å². The second kappa shape index (κ2) is 6.56. The fourth-order valence-corrected chi connectivity index (χ4v) is 2.06. The lowest BCUT2D eigenvalue weighted by atomic mass is 9.76. The highest BCUT2D eigenvalue weighted by molar-refractivity contribution is 5.87. The van der Waals surface area contributed by atoms with Gasteiger partial charge in [0.15, 0.2) is 0 Å². The Balaban J connectivity index is 2.55. The van der Waals surface area contributed by atoms with Gasteiger partial charge in [-0.3, -0.25) is 4.79 Å². The Morgan fingerprint density at radius 3 is 2.47 bits per heavy atom. The third kappa shape index (κ3) is 4.99. The Labute approximate surface area is 111 Å². The van der Waals surface area contributed by atoms with Crippen LogP contribution in [0.25, 0.3) is 0 Å². The molecule has 1 rings (SSSR count). The Bertz CT molecular complexity index is 304. The highest BCUT2D eigenvalue weighted by Gasteiger charge is 2.45. The van der Waals surface area contributed by atoms with Crippen LogP contribution in [0.3, 0.4) is 0 Å². The number of hydrogen-bond acceptors (Lipinski definition) is 3. The van der Waals surface area contributed by atoms with Gasteiger partial charge in [0.25, 0.3) is 0 Å². The summed E-state index contributed by atoms with van der Waals surface area (Å²) in [5.74, 6) is -0.590. The first-order valence-corrected chi connectivity index (χ1v) is 6.51. The fraction of sp³-hybridized carbons (Fsp3) is 0.917. The molecule has 1 saturated carbocycles. The summed E-state index contributed by atoms with van der Waals surface area (Å²) >= 11 is 0. The predicted molar refractivity (Wildman–Crippen MR) is 64.5 cm³/mol. The van der Waals surface area contributed by atoms with E-state index in [4.69, 9.17) is 10.5 Å². The molecule has 112 valence electrons. The first-order chi connectivity index (χ1) is 8.78. The fourth-order valence-electron chi connectivity index (χ4n) is 2.06.